The summed E-state index contributed by atoms with van der Waals surface area (Å²) in [6, 6.07) is 17.2. The number of pyridine rings is 2. The number of aryl methyl sites for hydroxylation is 1. The van der Waals surface area contributed by atoms with Crippen molar-refractivity contribution in [2.75, 3.05) is 0 Å². The molecule has 1 fully saturated rings. The highest BCUT2D eigenvalue weighted by molar-refractivity contribution is 6.08. The number of para-hydroxylation sites is 1. The molecule has 0 amide bonds. The predicted octanol–water partition coefficient (Wildman–Crippen LogP) is 10.3. The number of hydrogen-bond donors (Lipinski definition) is 0. The van der Waals surface area contributed by atoms with Gasteiger partial charge in [0, 0.05) is 36.3 Å². The lowest BCUT2D eigenvalue weighted by molar-refractivity contribution is 0.442. The van der Waals surface area contributed by atoms with Crippen LogP contribution in [-0.4, -0.2) is 9.97 Å². The summed E-state index contributed by atoms with van der Waals surface area (Å²) in [5, 5.41) is 1.68. The van der Waals surface area contributed by atoms with E-state index in [9.17, 15) is 1.37 Å². The van der Waals surface area contributed by atoms with Crippen LogP contribution in [0.3, 0.4) is 0 Å². The van der Waals surface area contributed by atoms with Gasteiger partial charge in [-0.25, -0.2) is 4.98 Å². The Balaban J connectivity index is 1.54. The van der Waals surface area contributed by atoms with Crippen molar-refractivity contribution in [2.45, 2.75) is 84.3 Å². The van der Waals surface area contributed by atoms with Gasteiger partial charge in [0.2, 0.25) is 5.71 Å². The zero-order valence-corrected chi connectivity index (χ0v) is 22.6. The smallest absolute Gasteiger partial charge is 0.227 e. The van der Waals surface area contributed by atoms with Crippen molar-refractivity contribution in [2.24, 2.45) is 0 Å². The Hall–Kier alpha value is -3.46. The topological polar surface area (TPSA) is 38.9 Å². The van der Waals surface area contributed by atoms with E-state index in [0.29, 0.717) is 46.7 Å². The highest BCUT2D eigenvalue weighted by atomic mass is 16.3. The Bertz CT molecular complexity index is 1840. The molecule has 38 heavy (non-hydrogen) atoms. The SMILES string of the molecule is [2H]C([2H])([2H])c1cnc(-c2cccc3c2oc2nc(-c4c(C([2H])(C)C)cccc4C([2H])(C)C)ccc23)cc1C1([2H])CCCCC1. The zero-order chi connectivity index (χ0) is 31.7. The Morgan fingerprint density at radius 1 is 0.895 bits per heavy atom. The monoisotopic (exact) mass is 508 g/mol. The van der Waals surface area contributed by atoms with Gasteiger partial charge in [0.15, 0.2) is 0 Å². The molecule has 0 atom stereocenters. The van der Waals surface area contributed by atoms with Crippen LogP contribution in [0.15, 0.2) is 65.2 Å². The minimum absolute atomic E-state index is 0.144. The molecule has 3 heterocycles. The first kappa shape index (κ1) is 18.7. The van der Waals surface area contributed by atoms with E-state index in [2.05, 4.69) is 4.98 Å². The molecule has 3 nitrogen and oxygen atoms in total. The van der Waals surface area contributed by atoms with Crippen LogP contribution in [0.4, 0.5) is 0 Å². The van der Waals surface area contributed by atoms with Crippen LogP contribution in [0.1, 0.15) is 108 Å². The summed E-state index contributed by atoms with van der Waals surface area (Å²) < 4.78 is 57.9. The van der Waals surface area contributed by atoms with Crippen LogP contribution < -0.4 is 0 Å². The number of fused-ring (bicyclic) bond motifs is 3. The van der Waals surface area contributed by atoms with Gasteiger partial charge < -0.3 is 4.42 Å². The molecule has 0 aliphatic heterocycles. The van der Waals surface area contributed by atoms with Crippen LogP contribution >= 0.6 is 0 Å². The van der Waals surface area contributed by atoms with Crippen LogP contribution in [0.25, 0.3) is 44.6 Å². The summed E-state index contributed by atoms with van der Waals surface area (Å²) in [5.41, 5.74) is 5.95. The Kier molecular flexibility index (Phi) is 4.94. The molecule has 6 rings (SSSR count). The van der Waals surface area contributed by atoms with Gasteiger partial charge in [0.25, 0.3) is 0 Å². The minimum Gasteiger partial charge on any atom is -0.437 e. The van der Waals surface area contributed by atoms with Gasteiger partial charge in [-0.2, -0.15) is 0 Å². The summed E-state index contributed by atoms with van der Waals surface area (Å²) in [6.45, 7) is 4.99. The van der Waals surface area contributed by atoms with E-state index in [1.807, 2.05) is 76.2 Å². The van der Waals surface area contributed by atoms with E-state index >= 15 is 0 Å². The summed E-state index contributed by atoms with van der Waals surface area (Å²) in [7, 11) is 0. The fraction of sp³-hybridized carbons (Fsp3) is 0.371. The van der Waals surface area contributed by atoms with Crippen molar-refractivity contribution in [3.8, 4) is 22.5 Å². The standard InChI is InChI=1S/C35H38N2O/c1-21(2)25-13-9-14-26(22(3)4)33(25)31-18-17-28-27-15-10-16-29(34(27)38-35(28)37-31)32-19-30(23(5)20-36-32)24-11-7-6-8-12-24/h9-10,13-22,24H,6-8,11-12H2,1-5H3/i5D3,21D,22D,24D. The lowest BCUT2D eigenvalue weighted by Gasteiger charge is -2.24. The van der Waals surface area contributed by atoms with Gasteiger partial charge in [0.05, 0.1) is 11.4 Å². The molecule has 1 aliphatic carbocycles. The molecule has 2 aromatic carbocycles. The maximum Gasteiger partial charge on any atom is 0.227 e. The summed E-state index contributed by atoms with van der Waals surface area (Å²) >= 11 is 0. The molecule has 5 aromatic rings. The van der Waals surface area contributed by atoms with Crippen LogP contribution in [-0.2, 0) is 0 Å². The highest BCUT2D eigenvalue weighted by Gasteiger charge is 2.21. The third-order valence-electron chi connectivity index (χ3n) is 7.78. The van der Waals surface area contributed by atoms with E-state index in [1.54, 1.807) is 6.07 Å². The number of nitrogens with zero attached hydrogens (tertiary/aromatic N) is 2. The molecule has 0 saturated heterocycles. The van der Waals surface area contributed by atoms with Crippen molar-refractivity contribution >= 4 is 22.1 Å². The first-order valence-corrected chi connectivity index (χ1v) is 13.6. The van der Waals surface area contributed by atoms with Crippen LogP contribution in [0.5, 0.6) is 0 Å². The van der Waals surface area contributed by atoms with Crippen molar-refractivity contribution in [3.63, 3.8) is 0 Å². The maximum atomic E-state index is 9.28. The van der Waals surface area contributed by atoms with Gasteiger partial charge in [-0.1, -0.05) is 77.3 Å². The number of hydrogen-bond acceptors (Lipinski definition) is 3. The molecule has 0 bridgehead atoms. The average molecular weight is 509 g/mol. The van der Waals surface area contributed by atoms with E-state index in [-0.39, 0.29) is 5.56 Å². The lowest BCUT2D eigenvalue weighted by atomic mass is 9.82. The van der Waals surface area contributed by atoms with Crippen LogP contribution in [0.2, 0.25) is 0 Å². The fourth-order valence-electron chi connectivity index (χ4n) is 5.82. The number of furan rings is 1. The van der Waals surface area contributed by atoms with Crippen LogP contribution in [0, 0.1) is 6.85 Å². The Morgan fingerprint density at radius 3 is 2.34 bits per heavy atom. The summed E-state index contributed by atoms with van der Waals surface area (Å²) in [6.07, 6.45) is 5.51. The summed E-state index contributed by atoms with van der Waals surface area (Å²) in [5.74, 6) is -2.79. The quantitative estimate of drug-likeness (QED) is 0.237. The maximum absolute atomic E-state index is 9.28. The Labute approximate surface area is 234 Å². The third-order valence-corrected chi connectivity index (χ3v) is 7.78. The zero-order valence-electron chi connectivity index (χ0n) is 28.6. The first-order valence-electron chi connectivity index (χ1n) is 16.6. The molecular weight excluding hydrogens is 464 g/mol. The third kappa shape index (κ3) is 4.32. The average Bonchev–Trinajstić information content (AvgIpc) is 3.33. The lowest BCUT2D eigenvalue weighted by Crippen LogP contribution is -2.07. The second-order valence-electron chi connectivity index (χ2n) is 10.8. The van der Waals surface area contributed by atoms with E-state index in [4.69, 9.17) is 16.3 Å². The predicted molar refractivity (Wildman–Crippen MR) is 159 cm³/mol. The van der Waals surface area contributed by atoms with E-state index < -0.39 is 24.5 Å². The van der Waals surface area contributed by atoms with Gasteiger partial charge >= 0.3 is 0 Å². The number of benzene rings is 2. The van der Waals surface area contributed by atoms with E-state index in [0.717, 1.165) is 46.7 Å². The number of aromatic nitrogens is 2. The van der Waals surface area contributed by atoms with Gasteiger partial charge in [-0.05, 0) is 83.9 Å². The minimum atomic E-state index is -2.37. The normalized spacial score (nSPS) is 18.8. The fourth-order valence-corrected chi connectivity index (χ4v) is 5.82. The largest absolute Gasteiger partial charge is 0.437 e. The molecule has 0 N–H and O–H groups in total. The first-order chi connectivity index (χ1) is 20.6. The summed E-state index contributed by atoms with van der Waals surface area (Å²) in [4.78, 5) is 9.56. The van der Waals surface area contributed by atoms with Crippen molar-refractivity contribution in [1.82, 2.24) is 9.97 Å². The number of rotatable bonds is 5. The van der Waals surface area contributed by atoms with E-state index in [1.165, 1.54) is 6.20 Å². The molecule has 3 heteroatoms. The van der Waals surface area contributed by atoms with Gasteiger partial charge in [-0.3, -0.25) is 4.98 Å². The highest BCUT2D eigenvalue weighted by Crippen LogP contribution is 2.40. The Morgan fingerprint density at radius 2 is 1.63 bits per heavy atom. The second-order valence-corrected chi connectivity index (χ2v) is 10.8. The van der Waals surface area contributed by atoms with Crippen molar-refractivity contribution < 1.29 is 12.6 Å². The molecule has 3 aromatic heterocycles. The second kappa shape index (κ2) is 10.0. The molecular formula is C35H38N2O. The molecule has 1 saturated carbocycles. The molecule has 194 valence electrons. The van der Waals surface area contributed by atoms with Crippen molar-refractivity contribution in [3.05, 3.63) is 83.0 Å². The molecule has 1 aliphatic rings. The molecule has 0 radical (unpaired) electrons. The molecule has 0 spiro atoms. The molecule has 0 unspecified atom stereocenters. The van der Waals surface area contributed by atoms with Gasteiger partial charge in [-0.15, -0.1) is 0 Å². The van der Waals surface area contributed by atoms with Gasteiger partial charge in [0.1, 0.15) is 5.58 Å². The van der Waals surface area contributed by atoms with Crippen molar-refractivity contribution in [1.29, 1.82) is 0 Å².